The molecule has 1 aromatic carbocycles. The number of pyridine rings is 2. The van der Waals surface area contributed by atoms with Crippen LogP contribution in [0.4, 0.5) is 5.82 Å². The fourth-order valence-corrected chi connectivity index (χ4v) is 3.49. The molecule has 0 amide bonds. The fraction of sp³-hybridized carbons (Fsp3) is 0.273. The molecular formula is C22H23N3O2. The van der Waals surface area contributed by atoms with Gasteiger partial charge in [-0.3, -0.25) is 0 Å². The van der Waals surface area contributed by atoms with Crippen molar-refractivity contribution in [2.45, 2.75) is 25.2 Å². The van der Waals surface area contributed by atoms with E-state index in [0.29, 0.717) is 17.6 Å². The fourth-order valence-electron chi connectivity index (χ4n) is 3.49. The number of hydrogen-bond donors (Lipinski definition) is 1. The number of nitrogens with zero attached hydrogens (tertiary/aromatic N) is 2. The molecule has 27 heavy (non-hydrogen) atoms. The predicted octanol–water partition coefficient (Wildman–Crippen LogP) is 4.80. The van der Waals surface area contributed by atoms with Gasteiger partial charge in [0.05, 0.1) is 0 Å². The van der Waals surface area contributed by atoms with Gasteiger partial charge in [-0.15, -0.1) is 0 Å². The van der Waals surface area contributed by atoms with Crippen molar-refractivity contribution >= 4 is 5.82 Å². The average molecular weight is 361 g/mol. The van der Waals surface area contributed by atoms with E-state index in [-0.39, 0.29) is 0 Å². The number of nitrogen functional groups attached to an aromatic ring is 1. The molecule has 4 rings (SSSR count). The first-order valence-electron chi connectivity index (χ1n) is 9.33. The standard InChI is InChI=1S/C22H23N3O2/c23-21-19(5-1-12-24-21)17-7-9-18(10-8-17)27-22-20(6-2-13-25-22)16-4-3-14-26-15-11-16/h1-2,5-10,12-13,16H,3-4,11,14-15H2,(H2,23,24). The molecule has 0 radical (unpaired) electrons. The second-order valence-corrected chi connectivity index (χ2v) is 6.70. The van der Waals surface area contributed by atoms with Crippen LogP contribution in [-0.2, 0) is 4.74 Å². The zero-order chi connectivity index (χ0) is 18.5. The topological polar surface area (TPSA) is 70.3 Å². The summed E-state index contributed by atoms with van der Waals surface area (Å²) in [5.41, 5.74) is 9.05. The van der Waals surface area contributed by atoms with Crippen molar-refractivity contribution in [3.05, 3.63) is 66.5 Å². The normalized spacial score (nSPS) is 17.3. The number of ether oxygens (including phenoxy) is 2. The Bertz CT molecular complexity index is 888. The highest BCUT2D eigenvalue weighted by atomic mass is 16.5. The molecule has 5 heteroatoms. The second-order valence-electron chi connectivity index (χ2n) is 6.70. The van der Waals surface area contributed by atoms with Crippen LogP contribution >= 0.6 is 0 Å². The summed E-state index contributed by atoms with van der Waals surface area (Å²) in [6.07, 6.45) is 6.64. The van der Waals surface area contributed by atoms with Gasteiger partial charge >= 0.3 is 0 Å². The Morgan fingerprint density at radius 1 is 0.926 bits per heavy atom. The molecular weight excluding hydrogens is 338 g/mol. The largest absolute Gasteiger partial charge is 0.439 e. The van der Waals surface area contributed by atoms with E-state index >= 15 is 0 Å². The number of anilines is 1. The molecule has 1 aliphatic rings. The third-order valence-corrected chi connectivity index (χ3v) is 4.91. The number of rotatable bonds is 4. The summed E-state index contributed by atoms with van der Waals surface area (Å²) in [4.78, 5) is 8.62. The maximum atomic E-state index is 6.13. The Labute approximate surface area is 159 Å². The van der Waals surface area contributed by atoms with Crippen molar-refractivity contribution in [1.29, 1.82) is 0 Å². The molecule has 1 unspecified atom stereocenters. The van der Waals surface area contributed by atoms with Gasteiger partial charge in [-0.05, 0) is 61.1 Å². The Balaban J connectivity index is 1.55. The molecule has 1 aliphatic heterocycles. The monoisotopic (exact) mass is 361 g/mol. The lowest BCUT2D eigenvalue weighted by Gasteiger charge is -2.17. The molecule has 3 heterocycles. The molecule has 1 fully saturated rings. The van der Waals surface area contributed by atoms with Crippen LogP contribution in [0, 0.1) is 0 Å². The van der Waals surface area contributed by atoms with Crippen LogP contribution in [0.5, 0.6) is 11.6 Å². The summed E-state index contributed by atoms with van der Waals surface area (Å²) < 4.78 is 11.7. The first-order chi connectivity index (χ1) is 13.3. The number of nitrogens with two attached hydrogens (primary N) is 1. The van der Waals surface area contributed by atoms with Gasteiger partial charge in [0, 0.05) is 36.7 Å². The van der Waals surface area contributed by atoms with Crippen LogP contribution in [0.3, 0.4) is 0 Å². The van der Waals surface area contributed by atoms with Gasteiger partial charge < -0.3 is 15.2 Å². The molecule has 0 aliphatic carbocycles. The highest BCUT2D eigenvalue weighted by Gasteiger charge is 2.19. The number of hydrogen-bond acceptors (Lipinski definition) is 5. The smallest absolute Gasteiger partial charge is 0.222 e. The first kappa shape index (κ1) is 17.5. The van der Waals surface area contributed by atoms with E-state index in [9.17, 15) is 0 Å². The highest BCUT2D eigenvalue weighted by Crippen LogP contribution is 2.35. The van der Waals surface area contributed by atoms with E-state index in [1.807, 2.05) is 42.5 Å². The number of benzene rings is 1. The summed E-state index contributed by atoms with van der Waals surface area (Å²) in [6.45, 7) is 1.63. The maximum absolute atomic E-state index is 6.13. The van der Waals surface area contributed by atoms with E-state index in [1.165, 1.54) is 0 Å². The van der Waals surface area contributed by atoms with Gasteiger partial charge in [0.1, 0.15) is 11.6 Å². The molecule has 138 valence electrons. The van der Waals surface area contributed by atoms with Gasteiger partial charge in [-0.25, -0.2) is 9.97 Å². The van der Waals surface area contributed by atoms with E-state index in [1.54, 1.807) is 12.4 Å². The summed E-state index contributed by atoms with van der Waals surface area (Å²) in [5, 5.41) is 0. The molecule has 5 nitrogen and oxygen atoms in total. The summed E-state index contributed by atoms with van der Waals surface area (Å²) in [6, 6.07) is 15.8. The highest BCUT2D eigenvalue weighted by molar-refractivity contribution is 5.73. The first-order valence-corrected chi connectivity index (χ1v) is 9.33. The van der Waals surface area contributed by atoms with Crippen molar-refractivity contribution in [2.75, 3.05) is 18.9 Å². The Morgan fingerprint density at radius 2 is 1.74 bits per heavy atom. The van der Waals surface area contributed by atoms with E-state index in [2.05, 4.69) is 16.0 Å². The quantitative estimate of drug-likeness (QED) is 0.722. The van der Waals surface area contributed by atoms with Crippen LogP contribution in [0.25, 0.3) is 11.1 Å². The zero-order valence-electron chi connectivity index (χ0n) is 15.2. The average Bonchev–Trinajstić information content (AvgIpc) is 2.99. The van der Waals surface area contributed by atoms with Gasteiger partial charge in [0.25, 0.3) is 0 Å². The van der Waals surface area contributed by atoms with E-state index in [4.69, 9.17) is 15.2 Å². The lowest BCUT2D eigenvalue weighted by molar-refractivity contribution is 0.143. The van der Waals surface area contributed by atoms with Gasteiger partial charge in [-0.1, -0.05) is 18.2 Å². The van der Waals surface area contributed by atoms with E-state index in [0.717, 1.165) is 54.9 Å². The van der Waals surface area contributed by atoms with Crippen molar-refractivity contribution < 1.29 is 9.47 Å². The van der Waals surface area contributed by atoms with Gasteiger partial charge in [0.2, 0.25) is 5.88 Å². The molecule has 2 aromatic heterocycles. The summed E-state index contributed by atoms with van der Waals surface area (Å²) >= 11 is 0. The molecule has 0 bridgehead atoms. The molecule has 2 N–H and O–H groups in total. The third-order valence-electron chi connectivity index (χ3n) is 4.91. The summed E-state index contributed by atoms with van der Waals surface area (Å²) in [7, 11) is 0. The minimum absolute atomic E-state index is 0.422. The minimum atomic E-state index is 0.422. The van der Waals surface area contributed by atoms with Crippen LogP contribution in [0.15, 0.2) is 60.9 Å². The predicted molar refractivity (Wildman–Crippen MR) is 106 cm³/mol. The Hall–Kier alpha value is -2.92. The molecule has 1 atom stereocenters. The van der Waals surface area contributed by atoms with Crippen LogP contribution in [0.1, 0.15) is 30.7 Å². The Morgan fingerprint density at radius 3 is 2.59 bits per heavy atom. The second kappa shape index (κ2) is 8.18. The van der Waals surface area contributed by atoms with Gasteiger partial charge in [-0.2, -0.15) is 0 Å². The molecule has 0 saturated carbocycles. The van der Waals surface area contributed by atoms with Crippen molar-refractivity contribution in [2.24, 2.45) is 0 Å². The van der Waals surface area contributed by atoms with Crippen LogP contribution < -0.4 is 10.5 Å². The van der Waals surface area contributed by atoms with Gasteiger partial charge in [0.15, 0.2) is 0 Å². The lowest BCUT2D eigenvalue weighted by atomic mass is 9.93. The zero-order valence-corrected chi connectivity index (χ0v) is 15.2. The van der Waals surface area contributed by atoms with E-state index < -0.39 is 0 Å². The third kappa shape index (κ3) is 4.09. The van der Waals surface area contributed by atoms with Crippen molar-refractivity contribution in [3.8, 4) is 22.8 Å². The SMILES string of the molecule is Nc1ncccc1-c1ccc(Oc2ncccc2C2CCCOCC2)cc1. The summed E-state index contributed by atoms with van der Waals surface area (Å²) in [5.74, 6) is 2.38. The molecule has 0 spiro atoms. The molecule has 1 saturated heterocycles. The number of aromatic nitrogens is 2. The van der Waals surface area contributed by atoms with Crippen molar-refractivity contribution in [1.82, 2.24) is 9.97 Å². The lowest BCUT2D eigenvalue weighted by Crippen LogP contribution is -2.03. The maximum Gasteiger partial charge on any atom is 0.222 e. The van der Waals surface area contributed by atoms with Crippen LogP contribution in [-0.4, -0.2) is 23.2 Å². The van der Waals surface area contributed by atoms with Crippen molar-refractivity contribution in [3.63, 3.8) is 0 Å². The Kier molecular flexibility index (Phi) is 5.30. The molecule has 3 aromatic rings. The van der Waals surface area contributed by atoms with Crippen LogP contribution in [0.2, 0.25) is 0 Å². The minimum Gasteiger partial charge on any atom is -0.439 e.